The summed E-state index contributed by atoms with van der Waals surface area (Å²) in [7, 11) is 0. The molecular formula is C25H29NO2S. The zero-order valence-electron chi connectivity index (χ0n) is 17.5. The number of furan rings is 1. The molecule has 29 heavy (non-hydrogen) atoms. The lowest BCUT2D eigenvalue weighted by Crippen LogP contribution is -2.27. The average molecular weight is 408 g/mol. The lowest BCUT2D eigenvalue weighted by molar-refractivity contribution is -0.122. The number of fused-ring (bicyclic) bond motifs is 1. The number of rotatable bonds is 7. The summed E-state index contributed by atoms with van der Waals surface area (Å²) >= 11 is 1.87. The molecule has 3 nitrogen and oxygen atoms in total. The van der Waals surface area contributed by atoms with Crippen LogP contribution < -0.4 is 5.32 Å². The van der Waals surface area contributed by atoms with E-state index in [0.717, 1.165) is 37.0 Å². The Labute approximate surface area is 177 Å². The van der Waals surface area contributed by atoms with Crippen LogP contribution in [0.1, 0.15) is 50.5 Å². The highest BCUT2D eigenvalue weighted by Gasteiger charge is 2.29. The summed E-state index contributed by atoms with van der Waals surface area (Å²) in [6.07, 6.45) is 3.63. The van der Waals surface area contributed by atoms with E-state index < -0.39 is 0 Å². The van der Waals surface area contributed by atoms with E-state index in [1.165, 1.54) is 21.4 Å². The van der Waals surface area contributed by atoms with Crippen LogP contribution >= 0.6 is 11.8 Å². The van der Waals surface area contributed by atoms with Crippen LogP contribution in [0.5, 0.6) is 0 Å². The van der Waals surface area contributed by atoms with Crippen LogP contribution in [0.25, 0.3) is 11.0 Å². The van der Waals surface area contributed by atoms with E-state index in [1.807, 2.05) is 17.8 Å². The first kappa shape index (κ1) is 20.1. The SMILES string of the molecule is CC(C)(C)Sc1ccc2oc(Cc3ccccc3)c(CCNC(=O)C3CC3)c2c1. The van der Waals surface area contributed by atoms with E-state index in [1.54, 1.807) is 0 Å². The summed E-state index contributed by atoms with van der Waals surface area (Å²) in [5.41, 5.74) is 3.38. The molecule has 2 aromatic carbocycles. The highest BCUT2D eigenvalue weighted by atomic mass is 32.2. The van der Waals surface area contributed by atoms with E-state index >= 15 is 0 Å². The molecule has 3 aromatic rings. The van der Waals surface area contributed by atoms with Gasteiger partial charge in [-0.1, -0.05) is 51.1 Å². The van der Waals surface area contributed by atoms with E-state index in [0.29, 0.717) is 6.54 Å². The fourth-order valence-corrected chi connectivity index (χ4v) is 4.61. The zero-order chi connectivity index (χ0) is 20.4. The van der Waals surface area contributed by atoms with Crippen molar-refractivity contribution < 1.29 is 9.21 Å². The second-order valence-corrected chi connectivity index (χ2v) is 10.8. The number of carbonyl (C=O) groups is 1. The standard InChI is InChI=1S/C25H29NO2S/c1-25(2,3)29-19-11-12-22-21(16-19)20(13-14-26-24(27)18-9-10-18)23(28-22)15-17-7-5-4-6-8-17/h4-8,11-12,16,18H,9-10,13-15H2,1-3H3,(H,26,27). The number of hydrogen-bond acceptors (Lipinski definition) is 3. The molecule has 4 heteroatoms. The third kappa shape index (κ3) is 5.24. The molecule has 1 N–H and O–H groups in total. The van der Waals surface area contributed by atoms with Gasteiger partial charge in [-0.05, 0) is 43.0 Å². The Morgan fingerprint density at radius 2 is 1.90 bits per heavy atom. The van der Waals surface area contributed by atoms with Gasteiger partial charge in [-0.3, -0.25) is 4.79 Å². The van der Waals surface area contributed by atoms with Crippen molar-refractivity contribution in [2.24, 2.45) is 5.92 Å². The fraction of sp³-hybridized carbons (Fsp3) is 0.400. The van der Waals surface area contributed by atoms with Gasteiger partial charge in [0.1, 0.15) is 11.3 Å². The van der Waals surface area contributed by atoms with Crippen molar-refractivity contribution in [3.05, 3.63) is 65.4 Å². The van der Waals surface area contributed by atoms with Gasteiger partial charge in [-0.2, -0.15) is 0 Å². The van der Waals surface area contributed by atoms with Gasteiger partial charge >= 0.3 is 0 Å². The Bertz CT molecular complexity index is 997. The summed E-state index contributed by atoms with van der Waals surface area (Å²) in [6.45, 7) is 7.34. The number of nitrogens with one attached hydrogen (secondary N) is 1. The number of carbonyl (C=O) groups excluding carboxylic acids is 1. The van der Waals surface area contributed by atoms with Crippen molar-refractivity contribution in [3.63, 3.8) is 0 Å². The van der Waals surface area contributed by atoms with Crippen molar-refractivity contribution in [2.75, 3.05) is 6.54 Å². The highest BCUT2D eigenvalue weighted by molar-refractivity contribution is 8.00. The number of amides is 1. The van der Waals surface area contributed by atoms with Gasteiger partial charge in [0.2, 0.25) is 5.91 Å². The first-order valence-corrected chi connectivity index (χ1v) is 11.3. The largest absolute Gasteiger partial charge is 0.460 e. The summed E-state index contributed by atoms with van der Waals surface area (Å²) in [6, 6.07) is 16.9. The van der Waals surface area contributed by atoms with Crippen LogP contribution in [0.4, 0.5) is 0 Å². The van der Waals surface area contributed by atoms with Gasteiger partial charge in [0.05, 0.1) is 0 Å². The van der Waals surface area contributed by atoms with Crippen LogP contribution in [0.15, 0.2) is 57.8 Å². The molecule has 0 aliphatic heterocycles. The lowest BCUT2D eigenvalue weighted by atomic mass is 10.0. The molecule has 1 aliphatic carbocycles. The molecular weight excluding hydrogens is 378 g/mol. The van der Waals surface area contributed by atoms with E-state index in [9.17, 15) is 4.79 Å². The number of thioether (sulfide) groups is 1. The maximum atomic E-state index is 12.0. The van der Waals surface area contributed by atoms with Crippen LogP contribution in [0.2, 0.25) is 0 Å². The molecule has 1 saturated carbocycles. The van der Waals surface area contributed by atoms with E-state index in [-0.39, 0.29) is 16.6 Å². The Kier molecular flexibility index (Phi) is 5.73. The quantitative estimate of drug-likeness (QED) is 0.490. The van der Waals surface area contributed by atoms with Gasteiger partial charge in [0, 0.05) is 39.5 Å². The third-order valence-corrected chi connectivity index (χ3v) is 6.20. The molecule has 0 spiro atoms. The molecule has 0 saturated heterocycles. The molecule has 1 amide bonds. The van der Waals surface area contributed by atoms with Gasteiger partial charge < -0.3 is 9.73 Å². The Morgan fingerprint density at radius 3 is 2.59 bits per heavy atom. The van der Waals surface area contributed by atoms with Gasteiger partial charge in [0.25, 0.3) is 0 Å². The third-order valence-electron chi connectivity index (χ3n) is 5.10. The van der Waals surface area contributed by atoms with Crippen molar-refractivity contribution in [1.29, 1.82) is 0 Å². The predicted molar refractivity (Wildman–Crippen MR) is 121 cm³/mol. The number of hydrogen-bond donors (Lipinski definition) is 1. The van der Waals surface area contributed by atoms with Crippen LogP contribution in [0, 0.1) is 5.92 Å². The lowest BCUT2D eigenvalue weighted by Gasteiger charge is -2.17. The minimum absolute atomic E-state index is 0.155. The highest BCUT2D eigenvalue weighted by Crippen LogP contribution is 2.36. The summed E-state index contributed by atoms with van der Waals surface area (Å²) in [4.78, 5) is 13.3. The van der Waals surface area contributed by atoms with Crippen molar-refractivity contribution >= 4 is 28.6 Å². The van der Waals surface area contributed by atoms with Crippen LogP contribution in [-0.2, 0) is 17.6 Å². The van der Waals surface area contributed by atoms with Crippen LogP contribution in [0.3, 0.4) is 0 Å². The fourth-order valence-electron chi connectivity index (χ4n) is 3.59. The van der Waals surface area contributed by atoms with Crippen molar-refractivity contribution in [3.8, 4) is 0 Å². The Balaban J connectivity index is 1.62. The number of benzene rings is 2. The van der Waals surface area contributed by atoms with E-state index in [4.69, 9.17) is 4.42 Å². The molecule has 0 unspecified atom stereocenters. The molecule has 0 atom stereocenters. The summed E-state index contributed by atoms with van der Waals surface area (Å²) in [5.74, 6) is 1.45. The van der Waals surface area contributed by atoms with Crippen molar-refractivity contribution in [2.45, 2.75) is 56.1 Å². The molecule has 152 valence electrons. The first-order valence-electron chi connectivity index (χ1n) is 10.4. The zero-order valence-corrected chi connectivity index (χ0v) is 18.3. The summed E-state index contributed by atoms with van der Waals surface area (Å²) in [5, 5.41) is 4.28. The normalized spacial score (nSPS) is 14.3. The van der Waals surface area contributed by atoms with Gasteiger partial charge in [-0.25, -0.2) is 0 Å². The van der Waals surface area contributed by atoms with Gasteiger partial charge in [-0.15, -0.1) is 11.8 Å². The van der Waals surface area contributed by atoms with E-state index in [2.05, 4.69) is 68.6 Å². The van der Waals surface area contributed by atoms with Gasteiger partial charge in [0.15, 0.2) is 0 Å². The minimum Gasteiger partial charge on any atom is -0.460 e. The molecule has 1 fully saturated rings. The monoisotopic (exact) mass is 407 g/mol. The second kappa shape index (κ2) is 8.27. The maximum Gasteiger partial charge on any atom is 0.223 e. The second-order valence-electron chi connectivity index (χ2n) is 8.85. The molecule has 4 rings (SSSR count). The summed E-state index contributed by atoms with van der Waals surface area (Å²) < 4.78 is 6.44. The molecule has 1 heterocycles. The molecule has 1 aromatic heterocycles. The molecule has 1 aliphatic rings. The first-order chi connectivity index (χ1) is 13.9. The smallest absolute Gasteiger partial charge is 0.223 e. The molecule has 0 radical (unpaired) electrons. The topological polar surface area (TPSA) is 42.2 Å². The molecule has 0 bridgehead atoms. The maximum absolute atomic E-state index is 12.0. The van der Waals surface area contributed by atoms with Crippen molar-refractivity contribution in [1.82, 2.24) is 5.32 Å². The Morgan fingerprint density at radius 1 is 1.14 bits per heavy atom. The Hall–Kier alpha value is -2.20. The average Bonchev–Trinajstić information content (AvgIpc) is 3.46. The van der Waals surface area contributed by atoms with Crippen LogP contribution in [-0.4, -0.2) is 17.2 Å². The minimum atomic E-state index is 0.155. The predicted octanol–water partition coefficient (Wildman–Crippen LogP) is 5.98.